The van der Waals surface area contributed by atoms with E-state index in [0.29, 0.717) is 12.2 Å². The molecule has 3 aliphatic carbocycles. The second-order valence-electron chi connectivity index (χ2n) is 12.1. The van der Waals surface area contributed by atoms with E-state index in [-0.39, 0.29) is 41.1 Å². The third-order valence-electron chi connectivity index (χ3n) is 11.3. The lowest BCUT2D eigenvalue weighted by atomic mass is 9.43. The molecule has 186 valence electrons. The number of aliphatic hydroxyl groups excluding tert-OH is 2. The van der Waals surface area contributed by atoms with Crippen LogP contribution in [-0.2, 0) is 9.22 Å². The maximum absolute atomic E-state index is 13.8. The van der Waals surface area contributed by atoms with E-state index in [0.717, 1.165) is 56.8 Å². The first kappa shape index (κ1) is 26.4. The Morgan fingerprint density at radius 3 is 2.19 bits per heavy atom. The van der Waals surface area contributed by atoms with Crippen molar-refractivity contribution in [1.29, 1.82) is 0 Å². The van der Waals surface area contributed by atoms with E-state index in [1.807, 2.05) is 0 Å². The van der Waals surface area contributed by atoms with Gasteiger partial charge in [0.25, 0.3) is 0 Å². The summed E-state index contributed by atoms with van der Waals surface area (Å²) in [7, 11) is -1.73. The van der Waals surface area contributed by atoms with Gasteiger partial charge in [0, 0.05) is 30.0 Å². The SMILES string of the molecule is CC[C@]1(C)C[C@@H](O)[C@@]2(C)C3[C@H](CO)CC[C@@]3(CC[C@H]2CO[Si](CC)(CC)CC)[C@H](C)C1=O. The van der Waals surface area contributed by atoms with E-state index >= 15 is 0 Å². The monoisotopic (exact) mass is 466 g/mol. The summed E-state index contributed by atoms with van der Waals surface area (Å²) in [5.41, 5.74) is -0.905. The lowest BCUT2D eigenvalue weighted by Gasteiger charge is -2.62. The number of hydrogen-bond acceptors (Lipinski definition) is 4. The minimum absolute atomic E-state index is 0.0157. The van der Waals surface area contributed by atoms with E-state index < -0.39 is 19.8 Å². The van der Waals surface area contributed by atoms with Crippen molar-refractivity contribution in [2.75, 3.05) is 13.2 Å². The van der Waals surface area contributed by atoms with Crippen LogP contribution in [0.4, 0.5) is 0 Å². The van der Waals surface area contributed by atoms with Crippen LogP contribution in [0, 0.1) is 39.9 Å². The van der Waals surface area contributed by atoms with Gasteiger partial charge in [0.15, 0.2) is 8.32 Å². The van der Waals surface area contributed by atoms with Crippen LogP contribution in [0.5, 0.6) is 0 Å². The topological polar surface area (TPSA) is 66.8 Å². The van der Waals surface area contributed by atoms with Crippen molar-refractivity contribution in [3.8, 4) is 0 Å². The fraction of sp³-hybridized carbons (Fsp3) is 0.963. The molecule has 8 atom stereocenters. The van der Waals surface area contributed by atoms with Gasteiger partial charge in [0.2, 0.25) is 0 Å². The summed E-state index contributed by atoms with van der Waals surface area (Å²) in [6.07, 6.45) is 4.77. The zero-order valence-electron chi connectivity index (χ0n) is 21.9. The van der Waals surface area contributed by atoms with Crippen LogP contribution >= 0.6 is 0 Å². The first-order valence-electron chi connectivity index (χ1n) is 13.5. The molecule has 0 amide bonds. The van der Waals surface area contributed by atoms with Crippen molar-refractivity contribution < 1.29 is 19.4 Å². The molecular weight excluding hydrogens is 416 g/mol. The van der Waals surface area contributed by atoms with Gasteiger partial charge in [-0.1, -0.05) is 48.5 Å². The molecule has 0 aromatic rings. The lowest BCUT2D eigenvalue weighted by Crippen LogP contribution is -2.63. The van der Waals surface area contributed by atoms with Crippen LogP contribution in [0.3, 0.4) is 0 Å². The third kappa shape index (κ3) is 3.78. The molecule has 32 heavy (non-hydrogen) atoms. The number of ketones is 1. The highest BCUT2D eigenvalue weighted by atomic mass is 28.4. The largest absolute Gasteiger partial charge is 0.417 e. The maximum atomic E-state index is 13.8. The number of hydrogen-bond donors (Lipinski definition) is 2. The Morgan fingerprint density at radius 2 is 1.66 bits per heavy atom. The first-order valence-corrected chi connectivity index (χ1v) is 16.0. The van der Waals surface area contributed by atoms with Crippen LogP contribution in [0.2, 0.25) is 18.1 Å². The molecule has 2 N–H and O–H groups in total. The van der Waals surface area contributed by atoms with Crippen molar-refractivity contribution in [2.24, 2.45) is 39.9 Å². The number of carbonyl (C=O) groups is 1. The van der Waals surface area contributed by atoms with Gasteiger partial charge in [-0.15, -0.1) is 0 Å². The van der Waals surface area contributed by atoms with Crippen LogP contribution in [0.1, 0.15) is 87.0 Å². The summed E-state index contributed by atoms with van der Waals surface area (Å²) in [5, 5.41) is 22.3. The highest BCUT2D eigenvalue weighted by Gasteiger charge is 2.67. The molecule has 3 saturated carbocycles. The molecule has 0 spiro atoms. The number of Topliss-reactive ketones (excluding diaryl/α,β-unsaturated/α-hetero) is 1. The predicted molar refractivity (Wildman–Crippen MR) is 133 cm³/mol. The highest BCUT2D eigenvalue weighted by molar-refractivity contribution is 6.73. The molecule has 0 radical (unpaired) electrons. The average Bonchev–Trinajstić information content (AvgIpc) is 3.20. The Bertz CT molecular complexity index is 670. The average molecular weight is 467 g/mol. The van der Waals surface area contributed by atoms with E-state index in [1.165, 1.54) is 0 Å². The third-order valence-corrected chi connectivity index (χ3v) is 16.0. The highest BCUT2D eigenvalue weighted by Crippen LogP contribution is 2.69. The number of carbonyl (C=O) groups excluding carboxylic acids is 1. The van der Waals surface area contributed by atoms with Crippen LogP contribution in [-0.4, -0.2) is 43.6 Å². The molecule has 4 nitrogen and oxygen atoms in total. The zero-order valence-corrected chi connectivity index (χ0v) is 22.9. The van der Waals surface area contributed by atoms with Crippen molar-refractivity contribution in [3.05, 3.63) is 0 Å². The fourth-order valence-corrected chi connectivity index (χ4v) is 11.2. The Labute approximate surface area is 198 Å². The Hall–Kier alpha value is -0.233. The minimum atomic E-state index is -1.73. The number of aliphatic hydroxyl groups is 2. The van der Waals surface area contributed by atoms with E-state index in [1.54, 1.807) is 0 Å². The molecule has 0 saturated heterocycles. The van der Waals surface area contributed by atoms with Crippen LogP contribution in [0.15, 0.2) is 0 Å². The summed E-state index contributed by atoms with van der Waals surface area (Å²) in [4.78, 5) is 13.8. The van der Waals surface area contributed by atoms with Gasteiger partial charge >= 0.3 is 0 Å². The van der Waals surface area contributed by atoms with E-state index in [4.69, 9.17) is 4.43 Å². The van der Waals surface area contributed by atoms with Crippen LogP contribution in [0.25, 0.3) is 0 Å². The molecule has 2 bridgehead atoms. The zero-order chi connectivity index (χ0) is 23.9. The lowest BCUT2D eigenvalue weighted by molar-refractivity contribution is -0.191. The van der Waals surface area contributed by atoms with Crippen molar-refractivity contribution in [1.82, 2.24) is 0 Å². The second-order valence-corrected chi connectivity index (χ2v) is 16.8. The molecule has 0 aliphatic heterocycles. The van der Waals surface area contributed by atoms with Gasteiger partial charge < -0.3 is 14.6 Å². The van der Waals surface area contributed by atoms with Gasteiger partial charge in [-0.2, -0.15) is 0 Å². The Kier molecular flexibility index (Phi) is 7.77. The van der Waals surface area contributed by atoms with Gasteiger partial charge in [0.1, 0.15) is 5.78 Å². The summed E-state index contributed by atoms with van der Waals surface area (Å²) >= 11 is 0. The summed E-state index contributed by atoms with van der Waals surface area (Å²) in [6, 6.07) is 3.41. The van der Waals surface area contributed by atoms with Gasteiger partial charge in [-0.25, -0.2) is 0 Å². The number of rotatable bonds is 8. The Morgan fingerprint density at radius 1 is 1.06 bits per heavy atom. The molecule has 0 aromatic carbocycles. The molecule has 5 heteroatoms. The molecule has 3 fully saturated rings. The molecule has 1 unspecified atom stereocenters. The van der Waals surface area contributed by atoms with Gasteiger partial charge in [-0.3, -0.25) is 4.79 Å². The Balaban J connectivity index is 2.07. The molecule has 3 rings (SSSR count). The minimum Gasteiger partial charge on any atom is -0.417 e. The van der Waals surface area contributed by atoms with Gasteiger partial charge in [0.05, 0.1) is 6.10 Å². The van der Waals surface area contributed by atoms with Crippen molar-refractivity contribution >= 4 is 14.1 Å². The quantitative estimate of drug-likeness (QED) is 0.443. The molecule has 0 aromatic heterocycles. The van der Waals surface area contributed by atoms with E-state index in [9.17, 15) is 15.0 Å². The fourth-order valence-electron chi connectivity index (χ4n) is 8.49. The van der Waals surface area contributed by atoms with Crippen molar-refractivity contribution in [2.45, 2.75) is 111 Å². The molecule has 3 aliphatic rings. The smallest absolute Gasteiger partial charge is 0.191 e. The predicted octanol–water partition coefficient (Wildman–Crippen LogP) is 5.82. The second kappa shape index (κ2) is 9.43. The maximum Gasteiger partial charge on any atom is 0.191 e. The summed E-state index contributed by atoms with van der Waals surface area (Å²) in [6.45, 7) is 16.4. The first-order chi connectivity index (χ1) is 15.0. The van der Waals surface area contributed by atoms with Crippen molar-refractivity contribution in [3.63, 3.8) is 0 Å². The van der Waals surface area contributed by atoms with Gasteiger partial charge in [-0.05, 0) is 79.8 Å². The molecule has 0 heterocycles. The normalized spacial score (nSPS) is 44.8. The standard InChI is InChI=1S/C27H50O4Si/c1-8-25(6)16-22(29)26(7)21(18-31-32(9-2,10-3)11-4)13-15-27(19(5)24(25)30)14-12-20(17-28)23(26)27/h19-23,28-29H,8-18H2,1-7H3/t19-,20+,21+,22-,23?,25-,26+,27-/m1/s1. The molecular formula is C27H50O4Si. The van der Waals surface area contributed by atoms with E-state index in [2.05, 4.69) is 48.5 Å². The summed E-state index contributed by atoms with van der Waals surface area (Å²) in [5.74, 6) is 0.954. The van der Waals surface area contributed by atoms with Crippen LogP contribution < -0.4 is 0 Å². The summed E-state index contributed by atoms with van der Waals surface area (Å²) < 4.78 is 6.83.